The van der Waals surface area contributed by atoms with E-state index in [1.54, 1.807) is 0 Å². The number of aromatic nitrogens is 3. The maximum absolute atomic E-state index is 6.64. The molecular formula is C61H41N3O2. The lowest BCUT2D eigenvalue weighted by Crippen LogP contribution is -2.43. The van der Waals surface area contributed by atoms with E-state index in [0.717, 1.165) is 83.5 Å². The number of fused-ring (bicyclic) bond motifs is 11. The molecule has 2 aliphatic rings. The molecular weight excluding hydrogens is 807 g/mol. The van der Waals surface area contributed by atoms with Gasteiger partial charge in [-0.05, 0) is 69.3 Å². The summed E-state index contributed by atoms with van der Waals surface area (Å²) in [5, 5.41) is 2.22. The Kier molecular flexibility index (Phi) is 8.40. The topological polar surface area (TPSA) is 61.0 Å². The number of ether oxygens (including phenoxy) is 1. The summed E-state index contributed by atoms with van der Waals surface area (Å²) in [4.78, 5) is 15.4. The average Bonchev–Trinajstić information content (AvgIpc) is 3.77. The van der Waals surface area contributed by atoms with Crippen LogP contribution in [0.25, 0.3) is 78.4 Å². The molecule has 0 saturated heterocycles. The lowest BCUT2D eigenvalue weighted by molar-refractivity contribution is 0.425. The predicted molar refractivity (Wildman–Crippen MR) is 265 cm³/mol. The Morgan fingerprint density at radius 2 is 0.848 bits per heavy atom. The number of hydrogen-bond acceptors (Lipinski definition) is 5. The average molecular weight is 848 g/mol. The number of nitrogens with zero attached hydrogens (tertiary/aromatic N) is 3. The number of benzene rings is 9. The van der Waals surface area contributed by atoms with Crippen molar-refractivity contribution in [3.05, 3.63) is 246 Å². The summed E-state index contributed by atoms with van der Waals surface area (Å²) in [6, 6.07) is 74.8. The zero-order valence-corrected chi connectivity index (χ0v) is 36.4. The SMILES string of the molecule is CC1(C)c2ccccc2C2(c3ccccc3Oc3ccccc32)c2ccc(-c3cccc(-c4nc(-c5ccccc5)nc(-c5ccc(-c6cccc7c6oc6ccccc67)cc5)n4)c3)cc21. The zero-order chi connectivity index (χ0) is 44.0. The largest absolute Gasteiger partial charge is 0.457 e. The molecule has 3 heterocycles. The lowest BCUT2D eigenvalue weighted by Gasteiger charge is -2.50. The molecule has 1 aliphatic heterocycles. The van der Waals surface area contributed by atoms with Crippen LogP contribution in [0, 0.1) is 0 Å². The van der Waals surface area contributed by atoms with Crippen molar-refractivity contribution in [3.8, 4) is 67.9 Å². The molecule has 1 spiro atoms. The molecule has 312 valence electrons. The smallest absolute Gasteiger partial charge is 0.164 e. The van der Waals surface area contributed by atoms with E-state index in [1.165, 1.54) is 22.3 Å². The first-order valence-corrected chi connectivity index (χ1v) is 22.5. The van der Waals surface area contributed by atoms with Crippen molar-refractivity contribution in [3.63, 3.8) is 0 Å². The van der Waals surface area contributed by atoms with Crippen molar-refractivity contribution < 1.29 is 9.15 Å². The summed E-state index contributed by atoms with van der Waals surface area (Å²) < 4.78 is 13.0. The second kappa shape index (κ2) is 14.6. The van der Waals surface area contributed by atoms with Crippen LogP contribution < -0.4 is 4.74 Å². The highest BCUT2D eigenvalue weighted by atomic mass is 16.5. The third-order valence-corrected chi connectivity index (χ3v) is 13.9. The highest BCUT2D eigenvalue weighted by molar-refractivity contribution is 6.09. The maximum Gasteiger partial charge on any atom is 0.164 e. The van der Waals surface area contributed by atoms with Gasteiger partial charge in [0, 0.05) is 49.6 Å². The molecule has 5 nitrogen and oxygen atoms in total. The fourth-order valence-corrected chi connectivity index (χ4v) is 10.7. The van der Waals surface area contributed by atoms with E-state index in [0.29, 0.717) is 17.5 Å². The second-order valence-electron chi connectivity index (χ2n) is 17.9. The van der Waals surface area contributed by atoms with Gasteiger partial charge in [-0.3, -0.25) is 0 Å². The van der Waals surface area contributed by atoms with E-state index in [1.807, 2.05) is 42.5 Å². The Balaban J connectivity index is 0.929. The van der Waals surface area contributed by atoms with Gasteiger partial charge in [0.2, 0.25) is 0 Å². The standard InChI is InChI=1S/C61H41N3O2/c1-60(2)47-23-7-8-24-48(47)61(50-25-9-12-28-54(50)65-55-29-13-10-26-51(55)61)49-35-34-42(37-52(49)60)41-18-14-19-43(36-41)59-63-57(39-16-4-3-5-17-39)62-58(64-59)40-32-30-38(31-33-40)44-21-15-22-46-45-20-6-11-27-53(45)66-56(44)46/h3-37H,1-2H3. The van der Waals surface area contributed by atoms with Gasteiger partial charge < -0.3 is 9.15 Å². The molecule has 0 bridgehead atoms. The van der Waals surface area contributed by atoms with Crippen LogP contribution in [0.1, 0.15) is 47.2 Å². The second-order valence-corrected chi connectivity index (χ2v) is 17.9. The molecule has 0 unspecified atom stereocenters. The van der Waals surface area contributed by atoms with Crippen LogP contribution >= 0.6 is 0 Å². The number of hydrogen-bond donors (Lipinski definition) is 0. The predicted octanol–water partition coefficient (Wildman–Crippen LogP) is 15.2. The van der Waals surface area contributed by atoms with Crippen molar-refractivity contribution in [2.24, 2.45) is 0 Å². The first-order chi connectivity index (χ1) is 32.4. The van der Waals surface area contributed by atoms with Crippen LogP contribution in [0.2, 0.25) is 0 Å². The van der Waals surface area contributed by atoms with E-state index in [-0.39, 0.29) is 5.41 Å². The molecule has 0 N–H and O–H groups in total. The van der Waals surface area contributed by atoms with Crippen LogP contribution in [0.5, 0.6) is 11.5 Å². The van der Waals surface area contributed by atoms with E-state index in [4.69, 9.17) is 24.1 Å². The Morgan fingerprint density at radius 3 is 1.59 bits per heavy atom. The van der Waals surface area contributed by atoms with Gasteiger partial charge in [0.1, 0.15) is 22.7 Å². The molecule has 11 aromatic rings. The van der Waals surface area contributed by atoms with E-state index in [2.05, 4.69) is 184 Å². The zero-order valence-electron chi connectivity index (χ0n) is 36.4. The van der Waals surface area contributed by atoms with E-state index >= 15 is 0 Å². The minimum absolute atomic E-state index is 0.297. The highest BCUT2D eigenvalue weighted by Crippen LogP contribution is 2.61. The molecule has 0 radical (unpaired) electrons. The Labute approximate surface area is 382 Å². The Hall–Kier alpha value is -8.41. The van der Waals surface area contributed by atoms with Crippen LogP contribution in [-0.2, 0) is 10.8 Å². The Bertz CT molecular complexity index is 3670. The van der Waals surface area contributed by atoms with Gasteiger partial charge in [-0.2, -0.15) is 0 Å². The number of furan rings is 1. The number of para-hydroxylation sites is 4. The van der Waals surface area contributed by atoms with Crippen molar-refractivity contribution in [1.29, 1.82) is 0 Å². The summed E-state index contributed by atoms with van der Waals surface area (Å²) in [5.41, 5.74) is 15.4. The van der Waals surface area contributed by atoms with Crippen LogP contribution in [-0.4, -0.2) is 15.0 Å². The van der Waals surface area contributed by atoms with Crippen LogP contribution in [0.15, 0.2) is 217 Å². The molecule has 0 amide bonds. The third-order valence-electron chi connectivity index (χ3n) is 13.9. The van der Waals surface area contributed by atoms with Gasteiger partial charge in [0.25, 0.3) is 0 Å². The molecule has 0 saturated carbocycles. The molecule has 0 atom stereocenters. The maximum atomic E-state index is 6.64. The molecule has 0 fully saturated rings. The number of rotatable bonds is 5. The normalized spacial score (nSPS) is 14.0. The van der Waals surface area contributed by atoms with Gasteiger partial charge in [0.15, 0.2) is 17.5 Å². The third kappa shape index (κ3) is 5.69. The first kappa shape index (κ1) is 38.1. The van der Waals surface area contributed by atoms with Gasteiger partial charge in [-0.15, -0.1) is 0 Å². The molecule has 5 heteroatoms. The van der Waals surface area contributed by atoms with Crippen LogP contribution in [0.3, 0.4) is 0 Å². The van der Waals surface area contributed by atoms with E-state index in [9.17, 15) is 0 Å². The molecule has 2 aromatic heterocycles. The van der Waals surface area contributed by atoms with Crippen LogP contribution in [0.4, 0.5) is 0 Å². The minimum Gasteiger partial charge on any atom is -0.457 e. The summed E-state index contributed by atoms with van der Waals surface area (Å²) in [5.74, 6) is 3.61. The molecule has 66 heavy (non-hydrogen) atoms. The van der Waals surface area contributed by atoms with E-state index < -0.39 is 5.41 Å². The fraction of sp³-hybridized carbons (Fsp3) is 0.0656. The quantitative estimate of drug-likeness (QED) is 0.173. The van der Waals surface area contributed by atoms with Gasteiger partial charge in [-0.25, -0.2) is 15.0 Å². The summed E-state index contributed by atoms with van der Waals surface area (Å²) >= 11 is 0. The molecule has 13 rings (SSSR count). The van der Waals surface area contributed by atoms with Gasteiger partial charge in [-0.1, -0.05) is 196 Å². The monoisotopic (exact) mass is 847 g/mol. The van der Waals surface area contributed by atoms with Crippen molar-refractivity contribution in [1.82, 2.24) is 15.0 Å². The molecule has 1 aliphatic carbocycles. The minimum atomic E-state index is -0.568. The lowest BCUT2D eigenvalue weighted by atomic mass is 9.53. The summed E-state index contributed by atoms with van der Waals surface area (Å²) in [6.45, 7) is 4.72. The highest BCUT2D eigenvalue weighted by Gasteiger charge is 2.52. The van der Waals surface area contributed by atoms with Crippen molar-refractivity contribution >= 4 is 21.9 Å². The fourth-order valence-electron chi connectivity index (χ4n) is 10.7. The van der Waals surface area contributed by atoms with Gasteiger partial charge >= 0.3 is 0 Å². The summed E-state index contributed by atoms with van der Waals surface area (Å²) in [6.07, 6.45) is 0. The van der Waals surface area contributed by atoms with Crippen molar-refractivity contribution in [2.45, 2.75) is 24.7 Å². The first-order valence-electron chi connectivity index (χ1n) is 22.5. The summed E-state index contributed by atoms with van der Waals surface area (Å²) in [7, 11) is 0. The van der Waals surface area contributed by atoms with Crippen molar-refractivity contribution in [2.75, 3.05) is 0 Å². The molecule has 9 aromatic carbocycles. The Morgan fingerprint density at radius 1 is 0.348 bits per heavy atom. The van der Waals surface area contributed by atoms with Gasteiger partial charge in [0.05, 0.1) is 5.41 Å².